The highest BCUT2D eigenvalue weighted by atomic mass is 16.2. The summed E-state index contributed by atoms with van der Waals surface area (Å²) >= 11 is 0. The second-order valence-corrected chi connectivity index (χ2v) is 6.45. The van der Waals surface area contributed by atoms with Crippen molar-refractivity contribution in [3.8, 4) is 11.3 Å². The number of rotatable bonds is 4. The maximum Gasteiger partial charge on any atom is 0.278 e. The molecule has 3 aromatic rings. The molecule has 8 heteroatoms. The van der Waals surface area contributed by atoms with Crippen molar-refractivity contribution >= 4 is 11.6 Å². The van der Waals surface area contributed by atoms with Crippen molar-refractivity contribution in [1.82, 2.24) is 30.5 Å². The van der Waals surface area contributed by atoms with Gasteiger partial charge in [-0.25, -0.2) is 4.68 Å². The van der Waals surface area contributed by atoms with E-state index in [2.05, 4.69) is 31.1 Å². The molecule has 1 aliphatic heterocycles. The number of hydrogen-bond acceptors (Lipinski definition) is 5. The molecule has 0 unspecified atom stereocenters. The first kappa shape index (κ1) is 16.5. The van der Waals surface area contributed by atoms with Crippen molar-refractivity contribution in [2.45, 2.75) is 25.8 Å². The molecular weight excluding hydrogens is 330 g/mol. The molecule has 3 N–H and O–H groups in total. The highest BCUT2D eigenvalue weighted by molar-refractivity contribution is 6.03. The number of carbonyl (C=O) groups excluding carboxylic acids is 1. The normalized spacial score (nSPS) is 15.1. The molecule has 3 heterocycles. The second kappa shape index (κ2) is 7.09. The molecule has 26 heavy (non-hydrogen) atoms. The number of amides is 1. The molecule has 134 valence electrons. The number of H-pyrrole nitrogens is 1. The molecule has 1 aromatic carbocycles. The van der Waals surface area contributed by atoms with E-state index < -0.39 is 0 Å². The number of nitrogens with one attached hydrogen (secondary N) is 3. The zero-order chi connectivity index (χ0) is 17.9. The van der Waals surface area contributed by atoms with Crippen molar-refractivity contribution in [2.24, 2.45) is 0 Å². The van der Waals surface area contributed by atoms with Crippen molar-refractivity contribution in [2.75, 3.05) is 18.4 Å². The third-order valence-electron chi connectivity index (χ3n) is 4.73. The van der Waals surface area contributed by atoms with Gasteiger partial charge >= 0.3 is 0 Å². The number of anilines is 1. The molecule has 0 radical (unpaired) electrons. The summed E-state index contributed by atoms with van der Waals surface area (Å²) in [5.74, 6) is -0.246. The van der Waals surface area contributed by atoms with Gasteiger partial charge in [0.1, 0.15) is 0 Å². The van der Waals surface area contributed by atoms with Crippen LogP contribution in [0.25, 0.3) is 11.3 Å². The Bertz CT molecular complexity index is 894. The number of aromatic nitrogens is 5. The van der Waals surface area contributed by atoms with Gasteiger partial charge < -0.3 is 10.6 Å². The maximum absolute atomic E-state index is 12.7. The fourth-order valence-corrected chi connectivity index (χ4v) is 3.32. The average Bonchev–Trinajstić information content (AvgIpc) is 3.32. The van der Waals surface area contributed by atoms with Gasteiger partial charge in [-0.3, -0.25) is 9.89 Å². The Balaban J connectivity index is 1.52. The topological polar surface area (TPSA) is 101 Å². The zero-order valence-electron chi connectivity index (χ0n) is 14.6. The van der Waals surface area contributed by atoms with Crippen molar-refractivity contribution in [3.05, 3.63) is 47.9 Å². The van der Waals surface area contributed by atoms with Crippen LogP contribution in [0.4, 0.5) is 5.69 Å². The monoisotopic (exact) mass is 351 g/mol. The fraction of sp³-hybridized carbons (Fsp3) is 0.333. The van der Waals surface area contributed by atoms with E-state index in [1.54, 1.807) is 6.20 Å². The predicted molar refractivity (Wildman–Crippen MR) is 97.9 cm³/mol. The van der Waals surface area contributed by atoms with Crippen LogP contribution in [0.2, 0.25) is 0 Å². The van der Waals surface area contributed by atoms with Gasteiger partial charge in [-0.15, -0.1) is 5.10 Å². The highest BCUT2D eigenvalue weighted by Crippen LogP contribution is 2.23. The number of carbonyl (C=O) groups is 1. The molecular formula is C18H21N7O. The molecule has 0 spiro atoms. The molecule has 1 saturated heterocycles. The van der Waals surface area contributed by atoms with Crippen LogP contribution in [-0.4, -0.2) is 44.2 Å². The predicted octanol–water partition coefficient (Wildman–Crippen LogP) is 2.15. The fourth-order valence-electron chi connectivity index (χ4n) is 3.32. The Morgan fingerprint density at radius 1 is 1.27 bits per heavy atom. The zero-order valence-corrected chi connectivity index (χ0v) is 14.6. The van der Waals surface area contributed by atoms with Gasteiger partial charge in [0.15, 0.2) is 5.69 Å². The van der Waals surface area contributed by atoms with E-state index >= 15 is 0 Å². The molecule has 8 nitrogen and oxygen atoms in total. The third-order valence-corrected chi connectivity index (χ3v) is 4.73. The van der Waals surface area contributed by atoms with E-state index in [-0.39, 0.29) is 5.91 Å². The van der Waals surface area contributed by atoms with Crippen molar-refractivity contribution in [3.63, 3.8) is 0 Å². The van der Waals surface area contributed by atoms with Crippen LogP contribution >= 0.6 is 0 Å². The van der Waals surface area contributed by atoms with Crippen molar-refractivity contribution in [1.29, 1.82) is 0 Å². The van der Waals surface area contributed by atoms with Crippen LogP contribution in [0.5, 0.6) is 0 Å². The van der Waals surface area contributed by atoms with E-state index in [9.17, 15) is 4.79 Å². The molecule has 0 saturated carbocycles. The summed E-state index contributed by atoms with van der Waals surface area (Å²) < 4.78 is 1.89. The first-order chi connectivity index (χ1) is 12.7. The smallest absolute Gasteiger partial charge is 0.278 e. The van der Waals surface area contributed by atoms with E-state index in [1.165, 1.54) is 0 Å². The van der Waals surface area contributed by atoms with Gasteiger partial charge in [-0.1, -0.05) is 17.3 Å². The summed E-state index contributed by atoms with van der Waals surface area (Å²) in [6.07, 6.45) is 3.69. The Hall–Kier alpha value is -3.00. The lowest BCUT2D eigenvalue weighted by atomic mass is 10.1. The lowest BCUT2D eigenvalue weighted by Crippen LogP contribution is -2.30. The van der Waals surface area contributed by atoms with E-state index in [0.717, 1.165) is 42.9 Å². The Morgan fingerprint density at radius 3 is 2.88 bits per heavy atom. The Kier molecular flexibility index (Phi) is 4.49. The number of hydrogen-bond donors (Lipinski definition) is 3. The third kappa shape index (κ3) is 3.23. The van der Waals surface area contributed by atoms with Crippen LogP contribution in [0.15, 0.2) is 36.5 Å². The summed E-state index contributed by atoms with van der Waals surface area (Å²) in [7, 11) is 0. The number of nitrogens with zero attached hydrogens (tertiary/aromatic N) is 4. The first-order valence-electron chi connectivity index (χ1n) is 8.76. The lowest BCUT2D eigenvalue weighted by Gasteiger charge is -2.23. The quantitative estimate of drug-likeness (QED) is 0.669. The van der Waals surface area contributed by atoms with Gasteiger partial charge in [0, 0.05) is 17.4 Å². The Labute approximate surface area is 151 Å². The highest BCUT2D eigenvalue weighted by Gasteiger charge is 2.23. The van der Waals surface area contributed by atoms with Gasteiger partial charge in [0.05, 0.1) is 17.4 Å². The molecule has 1 fully saturated rings. The maximum atomic E-state index is 12.7. The molecule has 0 atom stereocenters. The first-order valence-corrected chi connectivity index (χ1v) is 8.76. The largest absolute Gasteiger partial charge is 0.321 e. The minimum atomic E-state index is -0.246. The molecule has 4 rings (SSSR count). The summed E-state index contributed by atoms with van der Waals surface area (Å²) in [5.41, 5.74) is 3.73. The second-order valence-electron chi connectivity index (χ2n) is 6.45. The minimum absolute atomic E-state index is 0.246. The van der Waals surface area contributed by atoms with E-state index in [4.69, 9.17) is 0 Å². The summed E-state index contributed by atoms with van der Waals surface area (Å²) in [6, 6.07) is 9.79. The molecule has 1 aliphatic rings. The van der Waals surface area contributed by atoms with Gasteiger partial charge in [-0.05, 0) is 51.1 Å². The van der Waals surface area contributed by atoms with Gasteiger partial charge in [0.25, 0.3) is 5.91 Å². The summed E-state index contributed by atoms with van der Waals surface area (Å²) in [4.78, 5) is 12.7. The van der Waals surface area contributed by atoms with E-state index in [1.807, 2.05) is 41.9 Å². The van der Waals surface area contributed by atoms with Crippen LogP contribution in [0, 0.1) is 6.92 Å². The van der Waals surface area contributed by atoms with Crippen LogP contribution < -0.4 is 10.6 Å². The summed E-state index contributed by atoms with van der Waals surface area (Å²) in [6.45, 7) is 3.83. The SMILES string of the molecule is Cc1c(C(=O)Nc2cccc(-c3ccn[nH]3)c2)nnn1C1CCNCC1. The lowest BCUT2D eigenvalue weighted by molar-refractivity contribution is 0.102. The molecule has 1 amide bonds. The Morgan fingerprint density at radius 2 is 2.12 bits per heavy atom. The average molecular weight is 351 g/mol. The van der Waals surface area contributed by atoms with Gasteiger partial charge in [0.2, 0.25) is 0 Å². The molecule has 2 aromatic heterocycles. The van der Waals surface area contributed by atoms with Crippen LogP contribution in [0.3, 0.4) is 0 Å². The van der Waals surface area contributed by atoms with Crippen molar-refractivity contribution < 1.29 is 4.79 Å². The number of aromatic amines is 1. The minimum Gasteiger partial charge on any atom is -0.321 e. The number of benzene rings is 1. The summed E-state index contributed by atoms with van der Waals surface area (Å²) in [5, 5.41) is 21.5. The number of piperidine rings is 1. The van der Waals surface area contributed by atoms with Crippen LogP contribution in [0.1, 0.15) is 35.1 Å². The molecule has 0 aliphatic carbocycles. The standard InChI is InChI=1S/C18H21N7O/c1-12-17(23-24-25(12)15-5-8-19-9-6-15)18(26)21-14-4-2-3-13(11-14)16-7-10-20-22-16/h2-4,7,10-11,15,19H,5-6,8-9H2,1H3,(H,20,22)(H,21,26). The van der Waals surface area contributed by atoms with Crippen LogP contribution in [-0.2, 0) is 0 Å². The van der Waals surface area contributed by atoms with E-state index in [0.29, 0.717) is 17.4 Å². The van der Waals surface area contributed by atoms with Gasteiger partial charge in [-0.2, -0.15) is 5.10 Å². The molecule has 0 bridgehead atoms.